The van der Waals surface area contributed by atoms with Crippen molar-refractivity contribution < 1.29 is 4.42 Å². The van der Waals surface area contributed by atoms with E-state index in [0.717, 1.165) is 19.6 Å². The number of rotatable bonds is 8. The summed E-state index contributed by atoms with van der Waals surface area (Å²) in [6.07, 6.45) is 4.73. The van der Waals surface area contributed by atoms with Crippen LogP contribution in [0.2, 0.25) is 0 Å². The summed E-state index contributed by atoms with van der Waals surface area (Å²) in [5.41, 5.74) is 1.22. The number of nitrogens with zero attached hydrogens (tertiary/aromatic N) is 1. The minimum Gasteiger partial charge on any atom is -0.472 e. The summed E-state index contributed by atoms with van der Waals surface area (Å²) >= 11 is 0. The van der Waals surface area contributed by atoms with Crippen molar-refractivity contribution in [1.29, 1.82) is 0 Å². The van der Waals surface area contributed by atoms with Gasteiger partial charge in [-0.2, -0.15) is 0 Å². The van der Waals surface area contributed by atoms with Gasteiger partial charge in [0.15, 0.2) is 0 Å². The van der Waals surface area contributed by atoms with Gasteiger partial charge < -0.3 is 14.6 Å². The van der Waals surface area contributed by atoms with Crippen molar-refractivity contribution in [3.8, 4) is 0 Å². The summed E-state index contributed by atoms with van der Waals surface area (Å²) in [7, 11) is 0. The molecule has 1 heterocycles. The van der Waals surface area contributed by atoms with Gasteiger partial charge in [0.1, 0.15) is 0 Å². The van der Waals surface area contributed by atoms with E-state index in [4.69, 9.17) is 4.42 Å². The third-order valence-electron chi connectivity index (χ3n) is 3.04. The third-order valence-corrected chi connectivity index (χ3v) is 3.04. The molecule has 3 heteroatoms. The van der Waals surface area contributed by atoms with Gasteiger partial charge in [0.05, 0.1) is 12.5 Å². The molecule has 0 saturated heterocycles. The van der Waals surface area contributed by atoms with Gasteiger partial charge >= 0.3 is 0 Å². The number of nitrogens with one attached hydrogen (secondary N) is 1. The molecule has 1 aromatic rings. The fourth-order valence-corrected chi connectivity index (χ4v) is 1.80. The molecule has 3 nitrogen and oxygen atoms in total. The van der Waals surface area contributed by atoms with Crippen molar-refractivity contribution in [2.75, 3.05) is 26.2 Å². The van der Waals surface area contributed by atoms with Crippen LogP contribution in [0.25, 0.3) is 0 Å². The maximum absolute atomic E-state index is 5.07. The topological polar surface area (TPSA) is 28.4 Å². The van der Waals surface area contributed by atoms with E-state index in [1.54, 1.807) is 6.26 Å². The van der Waals surface area contributed by atoms with Crippen LogP contribution in [0.3, 0.4) is 0 Å². The first-order valence-corrected chi connectivity index (χ1v) is 6.25. The van der Waals surface area contributed by atoms with Gasteiger partial charge in [0.25, 0.3) is 0 Å². The van der Waals surface area contributed by atoms with E-state index in [9.17, 15) is 0 Å². The van der Waals surface area contributed by atoms with Crippen LogP contribution in [0, 0.1) is 0 Å². The summed E-state index contributed by atoms with van der Waals surface area (Å²) in [4.78, 5) is 2.45. The van der Waals surface area contributed by atoms with E-state index in [2.05, 4.69) is 31.0 Å². The third kappa shape index (κ3) is 4.37. The van der Waals surface area contributed by atoms with Crippen molar-refractivity contribution in [1.82, 2.24) is 10.2 Å². The molecule has 0 fully saturated rings. The molecule has 0 amide bonds. The molecule has 0 spiro atoms. The lowest BCUT2D eigenvalue weighted by Gasteiger charge is -2.18. The minimum absolute atomic E-state index is 0.385. The van der Waals surface area contributed by atoms with E-state index in [-0.39, 0.29) is 0 Å². The minimum atomic E-state index is 0.385. The Morgan fingerprint density at radius 3 is 2.69 bits per heavy atom. The molecule has 0 bridgehead atoms. The van der Waals surface area contributed by atoms with Crippen LogP contribution < -0.4 is 5.32 Å². The lowest BCUT2D eigenvalue weighted by Crippen LogP contribution is -2.28. The van der Waals surface area contributed by atoms with Gasteiger partial charge in [-0.3, -0.25) is 0 Å². The predicted octanol–water partition coefficient (Wildman–Crippen LogP) is 2.66. The second-order valence-corrected chi connectivity index (χ2v) is 4.11. The highest BCUT2D eigenvalue weighted by Gasteiger charge is 2.05. The Morgan fingerprint density at radius 1 is 1.38 bits per heavy atom. The molecule has 1 unspecified atom stereocenters. The Labute approximate surface area is 98.8 Å². The summed E-state index contributed by atoms with van der Waals surface area (Å²) in [5, 5.41) is 3.50. The van der Waals surface area contributed by atoms with E-state index < -0.39 is 0 Å². The molecule has 0 aromatic carbocycles. The average molecular weight is 224 g/mol. The second-order valence-electron chi connectivity index (χ2n) is 4.11. The fraction of sp³-hybridized carbons (Fsp3) is 0.692. The highest BCUT2D eigenvalue weighted by atomic mass is 16.3. The Bertz CT molecular complexity index is 255. The molecule has 0 aliphatic heterocycles. The van der Waals surface area contributed by atoms with Gasteiger partial charge in [-0.05, 0) is 45.6 Å². The largest absolute Gasteiger partial charge is 0.472 e. The smallest absolute Gasteiger partial charge is 0.0950 e. The summed E-state index contributed by atoms with van der Waals surface area (Å²) in [5.74, 6) is 0. The molecule has 0 radical (unpaired) electrons. The fourth-order valence-electron chi connectivity index (χ4n) is 1.80. The monoisotopic (exact) mass is 224 g/mol. The quantitative estimate of drug-likeness (QED) is 0.688. The molecule has 92 valence electrons. The molecular formula is C13H24N2O. The Kier molecular flexibility index (Phi) is 6.19. The molecule has 0 saturated carbocycles. The zero-order valence-electron chi connectivity index (χ0n) is 10.7. The van der Waals surface area contributed by atoms with E-state index in [1.165, 1.54) is 18.5 Å². The summed E-state index contributed by atoms with van der Waals surface area (Å²) < 4.78 is 5.07. The molecule has 0 aliphatic carbocycles. The molecule has 1 aromatic heterocycles. The van der Waals surface area contributed by atoms with Crippen molar-refractivity contribution in [3.63, 3.8) is 0 Å². The molecular weight excluding hydrogens is 200 g/mol. The number of furan rings is 1. The van der Waals surface area contributed by atoms with Gasteiger partial charge in [0, 0.05) is 11.6 Å². The van der Waals surface area contributed by atoms with Crippen LogP contribution in [-0.2, 0) is 0 Å². The first kappa shape index (κ1) is 13.3. The van der Waals surface area contributed by atoms with Crippen LogP contribution in [0.15, 0.2) is 23.0 Å². The predicted molar refractivity (Wildman–Crippen MR) is 67.5 cm³/mol. The van der Waals surface area contributed by atoms with Gasteiger partial charge in [-0.15, -0.1) is 0 Å². The number of hydrogen-bond acceptors (Lipinski definition) is 3. The van der Waals surface area contributed by atoms with Gasteiger partial charge in [0.2, 0.25) is 0 Å². The molecule has 0 aliphatic rings. The zero-order chi connectivity index (χ0) is 11.8. The lowest BCUT2D eigenvalue weighted by molar-refractivity contribution is 0.296. The Balaban J connectivity index is 2.11. The Morgan fingerprint density at radius 2 is 2.12 bits per heavy atom. The second kappa shape index (κ2) is 7.47. The van der Waals surface area contributed by atoms with Crippen LogP contribution in [0.1, 0.15) is 38.8 Å². The molecule has 1 N–H and O–H groups in total. The zero-order valence-corrected chi connectivity index (χ0v) is 10.7. The number of hydrogen-bond donors (Lipinski definition) is 1. The van der Waals surface area contributed by atoms with Crippen LogP contribution in [0.5, 0.6) is 0 Å². The maximum Gasteiger partial charge on any atom is 0.0950 e. The first-order chi connectivity index (χ1) is 7.77. The van der Waals surface area contributed by atoms with E-state index >= 15 is 0 Å². The lowest BCUT2D eigenvalue weighted by atomic mass is 10.2. The van der Waals surface area contributed by atoms with Crippen LogP contribution in [-0.4, -0.2) is 31.1 Å². The van der Waals surface area contributed by atoms with E-state index in [0.29, 0.717) is 6.04 Å². The standard InChI is InChI=1S/C13H24N2O/c1-4-15(5-2)9-6-8-14-12(3)13-7-10-16-11-13/h7,10-12,14H,4-6,8-9H2,1-3H3. The Hall–Kier alpha value is -0.800. The molecule has 1 rings (SSSR count). The average Bonchev–Trinajstić information content (AvgIpc) is 2.82. The van der Waals surface area contributed by atoms with E-state index in [1.807, 2.05) is 12.3 Å². The highest BCUT2D eigenvalue weighted by molar-refractivity contribution is 5.09. The van der Waals surface area contributed by atoms with Crippen molar-refractivity contribution in [2.24, 2.45) is 0 Å². The maximum atomic E-state index is 5.07. The van der Waals surface area contributed by atoms with Crippen molar-refractivity contribution in [3.05, 3.63) is 24.2 Å². The van der Waals surface area contributed by atoms with Crippen LogP contribution in [0.4, 0.5) is 0 Å². The van der Waals surface area contributed by atoms with Gasteiger partial charge in [-0.1, -0.05) is 13.8 Å². The van der Waals surface area contributed by atoms with Crippen LogP contribution >= 0.6 is 0 Å². The van der Waals surface area contributed by atoms with Crippen molar-refractivity contribution in [2.45, 2.75) is 33.2 Å². The highest BCUT2D eigenvalue weighted by Crippen LogP contribution is 2.11. The molecule has 1 atom stereocenters. The van der Waals surface area contributed by atoms with Gasteiger partial charge in [-0.25, -0.2) is 0 Å². The SMILES string of the molecule is CCN(CC)CCCNC(C)c1ccoc1. The normalized spacial score (nSPS) is 13.2. The summed E-state index contributed by atoms with van der Waals surface area (Å²) in [6.45, 7) is 11.1. The molecule has 16 heavy (non-hydrogen) atoms. The van der Waals surface area contributed by atoms with Crippen molar-refractivity contribution >= 4 is 0 Å². The first-order valence-electron chi connectivity index (χ1n) is 6.25. The summed E-state index contributed by atoms with van der Waals surface area (Å²) in [6, 6.07) is 2.40.